The zero-order valence-corrected chi connectivity index (χ0v) is 10.7. The molecule has 0 radical (unpaired) electrons. The first kappa shape index (κ1) is 13.5. The molecule has 0 saturated carbocycles. The maximum Gasteiger partial charge on any atom is 0.335 e. The first-order valence-corrected chi connectivity index (χ1v) is 5.83. The van der Waals surface area contributed by atoms with E-state index in [1.165, 1.54) is 12.1 Å². The van der Waals surface area contributed by atoms with Crippen molar-refractivity contribution in [1.29, 1.82) is 0 Å². The van der Waals surface area contributed by atoms with Crippen molar-refractivity contribution >= 4 is 23.0 Å². The number of nitrogens with zero attached hydrogens (tertiary/aromatic N) is 1. The lowest BCUT2D eigenvalue weighted by Crippen LogP contribution is -2.01. The van der Waals surface area contributed by atoms with E-state index in [4.69, 9.17) is 5.11 Å². The summed E-state index contributed by atoms with van der Waals surface area (Å²) in [6.45, 7) is 1.65. The average molecular weight is 272 g/mol. The van der Waals surface area contributed by atoms with Crippen molar-refractivity contribution < 1.29 is 14.8 Å². The molecule has 20 heavy (non-hydrogen) atoms. The van der Waals surface area contributed by atoms with Crippen LogP contribution in [0.3, 0.4) is 0 Å². The van der Waals surface area contributed by atoms with E-state index in [2.05, 4.69) is 5.32 Å². The molecule has 0 aliphatic rings. The van der Waals surface area contributed by atoms with Crippen LogP contribution in [0.15, 0.2) is 42.5 Å². The number of rotatable bonds is 4. The third-order valence-corrected chi connectivity index (χ3v) is 2.81. The highest BCUT2D eigenvalue weighted by Crippen LogP contribution is 2.30. The SMILES string of the molecule is Cc1cccc(Nc2cccc(C(=O)O)c2)c1[N+](=O)[O-]. The Morgan fingerprint density at radius 1 is 1.25 bits per heavy atom. The number of aryl methyl sites for hydroxylation is 1. The van der Waals surface area contributed by atoms with Crippen molar-refractivity contribution in [3.63, 3.8) is 0 Å². The van der Waals surface area contributed by atoms with Crippen LogP contribution in [-0.4, -0.2) is 16.0 Å². The minimum absolute atomic E-state index is 0.0202. The Kier molecular flexibility index (Phi) is 3.65. The summed E-state index contributed by atoms with van der Waals surface area (Å²) in [5, 5.41) is 22.9. The van der Waals surface area contributed by atoms with Crippen LogP contribution in [0.4, 0.5) is 17.1 Å². The van der Waals surface area contributed by atoms with Crippen LogP contribution < -0.4 is 5.32 Å². The molecule has 0 fully saturated rings. The molecule has 0 spiro atoms. The lowest BCUT2D eigenvalue weighted by molar-refractivity contribution is -0.384. The van der Waals surface area contributed by atoms with Gasteiger partial charge in [0.05, 0.1) is 10.5 Å². The number of nitro benzene ring substituents is 1. The minimum Gasteiger partial charge on any atom is -0.478 e. The topological polar surface area (TPSA) is 92.5 Å². The van der Waals surface area contributed by atoms with Gasteiger partial charge in [-0.2, -0.15) is 0 Å². The molecule has 0 aliphatic heterocycles. The summed E-state index contributed by atoms with van der Waals surface area (Å²) in [4.78, 5) is 21.5. The van der Waals surface area contributed by atoms with E-state index in [0.717, 1.165) is 0 Å². The van der Waals surface area contributed by atoms with Crippen LogP contribution in [0.5, 0.6) is 0 Å². The number of carbonyl (C=O) groups is 1. The average Bonchev–Trinajstić information content (AvgIpc) is 2.38. The number of nitrogens with one attached hydrogen (secondary N) is 1. The number of aromatic carboxylic acids is 1. The van der Waals surface area contributed by atoms with Gasteiger partial charge in [0.25, 0.3) is 5.69 Å². The number of carboxylic acid groups (broad SMARTS) is 1. The number of benzene rings is 2. The van der Waals surface area contributed by atoms with Crippen LogP contribution in [0.1, 0.15) is 15.9 Å². The molecule has 2 aromatic carbocycles. The lowest BCUT2D eigenvalue weighted by atomic mass is 10.1. The van der Waals surface area contributed by atoms with Gasteiger partial charge in [-0.15, -0.1) is 0 Å². The fraction of sp³-hybridized carbons (Fsp3) is 0.0714. The number of hydrogen-bond donors (Lipinski definition) is 2. The van der Waals surface area contributed by atoms with E-state index >= 15 is 0 Å². The molecular formula is C14H12N2O4. The van der Waals surface area contributed by atoms with E-state index in [1.54, 1.807) is 37.3 Å². The molecule has 6 nitrogen and oxygen atoms in total. The standard InChI is InChI=1S/C14H12N2O4/c1-9-4-2-7-12(13(9)16(19)20)15-11-6-3-5-10(8-11)14(17)18/h2-8,15H,1H3,(H,17,18). The second-order valence-corrected chi connectivity index (χ2v) is 4.24. The van der Waals surface area contributed by atoms with Crippen molar-refractivity contribution in [1.82, 2.24) is 0 Å². The monoisotopic (exact) mass is 272 g/mol. The Morgan fingerprint density at radius 3 is 2.60 bits per heavy atom. The molecule has 2 rings (SSSR count). The third kappa shape index (κ3) is 2.74. The molecule has 0 unspecified atom stereocenters. The Labute approximate surface area is 114 Å². The van der Waals surface area contributed by atoms with Crippen LogP contribution >= 0.6 is 0 Å². The molecule has 0 saturated heterocycles. The Balaban J connectivity index is 2.40. The van der Waals surface area contributed by atoms with E-state index in [0.29, 0.717) is 16.9 Å². The summed E-state index contributed by atoms with van der Waals surface area (Å²) < 4.78 is 0. The second kappa shape index (κ2) is 5.40. The summed E-state index contributed by atoms with van der Waals surface area (Å²) in [5.74, 6) is -1.05. The lowest BCUT2D eigenvalue weighted by Gasteiger charge is -2.09. The number of hydrogen-bond acceptors (Lipinski definition) is 4. The van der Waals surface area contributed by atoms with Gasteiger partial charge >= 0.3 is 5.97 Å². The quantitative estimate of drug-likeness (QED) is 0.657. The predicted molar refractivity (Wildman–Crippen MR) is 74.5 cm³/mol. The van der Waals surface area contributed by atoms with Crippen molar-refractivity contribution in [2.45, 2.75) is 6.92 Å². The Hall–Kier alpha value is -2.89. The number of nitro groups is 1. The Bertz CT molecular complexity index is 683. The highest BCUT2D eigenvalue weighted by atomic mass is 16.6. The summed E-state index contributed by atoms with van der Waals surface area (Å²) in [7, 11) is 0. The normalized spacial score (nSPS) is 10.1. The highest BCUT2D eigenvalue weighted by molar-refractivity contribution is 5.89. The molecule has 0 heterocycles. The molecule has 0 bridgehead atoms. The fourth-order valence-electron chi connectivity index (χ4n) is 1.89. The molecule has 0 aliphatic carbocycles. The van der Waals surface area contributed by atoms with Gasteiger partial charge in [0, 0.05) is 11.3 Å². The van der Waals surface area contributed by atoms with E-state index < -0.39 is 10.9 Å². The summed E-state index contributed by atoms with van der Waals surface area (Å²) in [6.07, 6.45) is 0. The molecular weight excluding hydrogens is 260 g/mol. The maximum absolute atomic E-state index is 11.1. The summed E-state index contributed by atoms with van der Waals surface area (Å²) in [5.41, 5.74) is 1.45. The summed E-state index contributed by atoms with van der Waals surface area (Å²) in [6, 6.07) is 11.0. The molecule has 6 heteroatoms. The van der Waals surface area contributed by atoms with Gasteiger partial charge in [-0.1, -0.05) is 18.2 Å². The van der Waals surface area contributed by atoms with E-state index in [9.17, 15) is 14.9 Å². The van der Waals surface area contributed by atoms with Crippen LogP contribution in [-0.2, 0) is 0 Å². The second-order valence-electron chi connectivity index (χ2n) is 4.24. The van der Waals surface area contributed by atoms with Crippen LogP contribution in [0, 0.1) is 17.0 Å². The van der Waals surface area contributed by atoms with Crippen LogP contribution in [0.25, 0.3) is 0 Å². The van der Waals surface area contributed by atoms with Gasteiger partial charge < -0.3 is 10.4 Å². The molecule has 2 aromatic rings. The molecule has 2 N–H and O–H groups in total. The van der Waals surface area contributed by atoms with Crippen LogP contribution in [0.2, 0.25) is 0 Å². The van der Waals surface area contributed by atoms with Crippen molar-refractivity contribution in [3.05, 3.63) is 63.7 Å². The molecule has 0 aromatic heterocycles. The van der Waals surface area contributed by atoms with Crippen molar-refractivity contribution in [2.24, 2.45) is 0 Å². The number of para-hydroxylation sites is 1. The minimum atomic E-state index is -1.05. The van der Waals surface area contributed by atoms with Crippen molar-refractivity contribution in [2.75, 3.05) is 5.32 Å². The first-order valence-electron chi connectivity index (χ1n) is 5.83. The molecule has 102 valence electrons. The van der Waals surface area contributed by atoms with Gasteiger partial charge in [0.1, 0.15) is 5.69 Å². The smallest absolute Gasteiger partial charge is 0.335 e. The predicted octanol–water partition coefficient (Wildman–Crippen LogP) is 3.35. The van der Waals surface area contributed by atoms with Gasteiger partial charge in [0.15, 0.2) is 0 Å². The highest BCUT2D eigenvalue weighted by Gasteiger charge is 2.17. The van der Waals surface area contributed by atoms with Crippen molar-refractivity contribution in [3.8, 4) is 0 Å². The largest absolute Gasteiger partial charge is 0.478 e. The first-order chi connectivity index (χ1) is 9.49. The number of anilines is 2. The van der Waals surface area contributed by atoms with E-state index in [1.807, 2.05) is 0 Å². The summed E-state index contributed by atoms with van der Waals surface area (Å²) >= 11 is 0. The van der Waals surface area contributed by atoms with E-state index in [-0.39, 0.29) is 11.3 Å². The van der Waals surface area contributed by atoms with Gasteiger partial charge in [-0.05, 0) is 31.2 Å². The molecule has 0 amide bonds. The maximum atomic E-state index is 11.1. The van der Waals surface area contributed by atoms with Gasteiger partial charge in [-0.25, -0.2) is 4.79 Å². The zero-order valence-electron chi connectivity index (χ0n) is 10.7. The van der Waals surface area contributed by atoms with Gasteiger partial charge in [0.2, 0.25) is 0 Å². The zero-order chi connectivity index (χ0) is 14.7. The Morgan fingerprint density at radius 2 is 1.95 bits per heavy atom. The fourth-order valence-corrected chi connectivity index (χ4v) is 1.89. The third-order valence-electron chi connectivity index (χ3n) is 2.81. The molecule has 0 atom stereocenters. The number of carboxylic acids is 1. The van der Waals surface area contributed by atoms with Gasteiger partial charge in [-0.3, -0.25) is 10.1 Å².